The Labute approximate surface area is 122 Å². The first kappa shape index (κ1) is 14.6. The summed E-state index contributed by atoms with van der Waals surface area (Å²) < 4.78 is 0. The van der Waals surface area contributed by atoms with Crippen LogP contribution in [-0.2, 0) is 4.79 Å². The number of nitrogens with two attached hydrogens (primary N) is 1. The van der Waals surface area contributed by atoms with E-state index in [0.29, 0.717) is 5.17 Å². The highest BCUT2D eigenvalue weighted by atomic mass is 32.2. The molecule has 1 aromatic rings. The molecule has 0 atom stereocenters. The molecule has 1 heterocycles. The zero-order valence-corrected chi connectivity index (χ0v) is 12.5. The number of thioether (sulfide) groups is 1. The van der Waals surface area contributed by atoms with Crippen molar-refractivity contribution in [2.45, 2.75) is 26.7 Å². The second-order valence-corrected chi connectivity index (χ2v) is 5.91. The van der Waals surface area contributed by atoms with Crippen molar-refractivity contribution in [3.8, 4) is 0 Å². The topological polar surface area (TPSA) is 75.8 Å². The number of urea groups is 1. The van der Waals surface area contributed by atoms with Crippen LogP contribution in [0.2, 0.25) is 0 Å². The van der Waals surface area contributed by atoms with Gasteiger partial charge in [-0.2, -0.15) is 4.99 Å². The van der Waals surface area contributed by atoms with Crippen LogP contribution in [-0.4, -0.2) is 22.9 Å². The van der Waals surface area contributed by atoms with Gasteiger partial charge < -0.3 is 5.73 Å². The maximum atomic E-state index is 12.1. The van der Waals surface area contributed by atoms with Crippen LogP contribution in [0.1, 0.15) is 30.9 Å². The number of benzene rings is 1. The lowest BCUT2D eigenvalue weighted by atomic mass is 9.99. The van der Waals surface area contributed by atoms with E-state index in [9.17, 15) is 9.59 Å². The Morgan fingerprint density at radius 1 is 1.45 bits per heavy atom. The number of aryl methyl sites for hydroxylation is 1. The third kappa shape index (κ3) is 2.85. The molecule has 1 aliphatic rings. The molecule has 20 heavy (non-hydrogen) atoms. The van der Waals surface area contributed by atoms with Gasteiger partial charge in [-0.05, 0) is 30.0 Å². The Bertz CT molecular complexity index is 596. The van der Waals surface area contributed by atoms with E-state index in [1.54, 1.807) is 0 Å². The van der Waals surface area contributed by atoms with Gasteiger partial charge in [0.2, 0.25) is 5.91 Å². The van der Waals surface area contributed by atoms with Crippen LogP contribution in [0, 0.1) is 6.92 Å². The first-order chi connectivity index (χ1) is 9.40. The summed E-state index contributed by atoms with van der Waals surface area (Å²) in [4.78, 5) is 28.4. The van der Waals surface area contributed by atoms with Gasteiger partial charge in [0.25, 0.3) is 0 Å². The fourth-order valence-corrected chi connectivity index (χ4v) is 2.98. The fraction of sp³-hybridized carbons (Fsp3) is 0.357. The normalized spacial score (nSPS) is 17.3. The van der Waals surface area contributed by atoms with Crippen molar-refractivity contribution in [3.05, 3.63) is 29.3 Å². The molecule has 1 aromatic carbocycles. The number of nitrogens with zero attached hydrogens (tertiary/aromatic N) is 2. The monoisotopic (exact) mass is 291 g/mol. The van der Waals surface area contributed by atoms with Crippen LogP contribution in [0.5, 0.6) is 0 Å². The summed E-state index contributed by atoms with van der Waals surface area (Å²) in [6.45, 7) is 6.09. The van der Waals surface area contributed by atoms with Crippen LogP contribution in [0.25, 0.3) is 0 Å². The molecule has 1 aliphatic heterocycles. The molecule has 0 radical (unpaired) electrons. The highest BCUT2D eigenvalue weighted by Crippen LogP contribution is 2.34. The zero-order valence-electron chi connectivity index (χ0n) is 11.7. The van der Waals surface area contributed by atoms with Crippen LogP contribution in [0.15, 0.2) is 23.2 Å². The largest absolute Gasteiger partial charge is 0.350 e. The number of rotatable bonds is 2. The summed E-state index contributed by atoms with van der Waals surface area (Å²) in [5.41, 5.74) is 7.99. The van der Waals surface area contributed by atoms with Crippen molar-refractivity contribution in [1.29, 1.82) is 0 Å². The number of amides is 3. The Hall–Kier alpha value is -1.82. The van der Waals surface area contributed by atoms with E-state index in [4.69, 9.17) is 5.73 Å². The molecule has 0 aliphatic carbocycles. The minimum absolute atomic E-state index is 0.0810. The highest BCUT2D eigenvalue weighted by Gasteiger charge is 2.32. The second kappa shape index (κ2) is 5.66. The summed E-state index contributed by atoms with van der Waals surface area (Å²) in [5.74, 6) is 0.457. The molecule has 1 saturated heterocycles. The summed E-state index contributed by atoms with van der Waals surface area (Å²) in [5, 5.41) is 0.356. The second-order valence-electron chi connectivity index (χ2n) is 4.97. The number of anilines is 1. The first-order valence-corrected chi connectivity index (χ1v) is 7.33. The minimum atomic E-state index is -0.786. The van der Waals surface area contributed by atoms with Gasteiger partial charge in [-0.25, -0.2) is 4.79 Å². The summed E-state index contributed by atoms with van der Waals surface area (Å²) in [6.07, 6.45) is 0. The molecule has 2 rings (SSSR count). The third-order valence-corrected chi connectivity index (χ3v) is 3.94. The van der Waals surface area contributed by atoms with Crippen LogP contribution >= 0.6 is 11.8 Å². The van der Waals surface area contributed by atoms with Crippen LogP contribution in [0.4, 0.5) is 10.5 Å². The number of hydrogen-bond donors (Lipinski definition) is 1. The van der Waals surface area contributed by atoms with Crippen molar-refractivity contribution in [2.24, 2.45) is 10.7 Å². The van der Waals surface area contributed by atoms with Gasteiger partial charge in [0.1, 0.15) is 0 Å². The molecule has 2 N–H and O–H groups in total. The average Bonchev–Trinajstić information content (AvgIpc) is 2.69. The van der Waals surface area contributed by atoms with Gasteiger partial charge >= 0.3 is 6.03 Å². The Balaban J connectivity index is 2.55. The number of carbonyl (C=O) groups excluding carboxylic acids is 2. The molecule has 0 spiro atoms. The van der Waals surface area contributed by atoms with Gasteiger partial charge in [0, 0.05) is 0 Å². The average molecular weight is 291 g/mol. The van der Waals surface area contributed by atoms with E-state index in [1.165, 1.54) is 16.7 Å². The molecule has 0 bridgehead atoms. The number of carbonyl (C=O) groups is 2. The summed E-state index contributed by atoms with van der Waals surface area (Å²) in [6, 6.07) is 5.17. The first-order valence-electron chi connectivity index (χ1n) is 6.34. The SMILES string of the molecule is Cc1ccc(C(C)C)c(N2C(=O)CS/C2=N\C(N)=O)c1. The molecule has 0 aromatic heterocycles. The Kier molecular flexibility index (Phi) is 4.13. The predicted molar refractivity (Wildman–Crippen MR) is 82.2 cm³/mol. The summed E-state index contributed by atoms with van der Waals surface area (Å²) >= 11 is 1.23. The molecular formula is C14H17N3O2S. The maximum absolute atomic E-state index is 12.1. The van der Waals surface area contributed by atoms with E-state index in [-0.39, 0.29) is 17.6 Å². The lowest BCUT2D eigenvalue weighted by molar-refractivity contribution is -0.115. The van der Waals surface area contributed by atoms with Crippen LogP contribution in [0.3, 0.4) is 0 Å². The molecule has 1 fully saturated rings. The molecule has 106 valence electrons. The van der Waals surface area contributed by atoms with E-state index < -0.39 is 6.03 Å². The number of amidine groups is 1. The highest BCUT2D eigenvalue weighted by molar-refractivity contribution is 8.15. The predicted octanol–water partition coefficient (Wildman–Crippen LogP) is 2.63. The molecule has 5 nitrogen and oxygen atoms in total. The van der Waals surface area contributed by atoms with Crippen molar-refractivity contribution in [1.82, 2.24) is 0 Å². The smallest absolute Gasteiger partial charge is 0.340 e. The number of aliphatic imine (C=N–C) groups is 1. The van der Waals surface area contributed by atoms with Crippen LogP contribution < -0.4 is 10.6 Å². The van der Waals surface area contributed by atoms with E-state index in [1.807, 2.05) is 25.1 Å². The van der Waals surface area contributed by atoms with E-state index in [0.717, 1.165) is 16.8 Å². The van der Waals surface area contributed by atoms with Crippen molar-refractivity contribution in [3.63, 3.8) is 0 Å². The van der Waals surface area contributed by atoms with E-state index in [2.05, 4.69) is 18.8 Å². The molecule has 6 heteroatoms. The molecular weight excluding hydrogens is 274 g/mol. The van der Waals surface area contributed by atoms with Gasteiger partial charge in [-0.3, -0.25) is 9.69 Å². The van der Waals surface area contributed by atoms with Crippen molar-refractivity contribution < 1.29 is 9.59 Å². The molecule has 3 amide bonds. The summed E-state index contributed by atoms with van der Waals surface area (Å²) in [7, 11) is 0. The van der Waals surface area contributed by atoms with Gasteiger partial charge in [-0.15, -0.1) is 0 Å². The van der Waals surface area contributed by atoms with Gasteiger partial charge in [0.05, 0.1) is 11.4 Å². The standard InChI is InChI=1S/C14H17N3O2S/c1-8(2)10-5-4-9(3)6-11(10)17-12(18)7-20-14(17)16-13(15)19/h4-6,8H,7H2,1-3H3,(H2,15,19)/b16-14-. The van der Waals surface area contributed by atoms with Gasteiger partial charge in [0.15, 0.2) is 5.17 Å². The Morgan fingerprint density at radius 2 is 2.15 bits per heavy atom. The molecule has 0 unspecified atom stereocenters. The molecule has 0 saturated carbocycles. The third-order valence-electron chi connectivity index (χ3n) is 3.02. The quantitative estimate of drug-likeness (QED) is 0.910. The minimum Gasteiger partial charge on any atom is -0.350 e. The van der Waals surface area contributed by atoms with Crippen molar-refractivity contribution >= 4 is 34.6 Å². The number of hydrogen-bond acceptors (Lipinski definition) is 3. The fourth-order valence-electron chi connectivity index (χ4n) is 2.11. The number of primary amides is 1. The lowest BCUT2D eigenvalue weighted by Gasteiger charge is -2.22. The van der Waals surface area contributed by atoms with Crippen molar-refractivity contribution in [2.75, 3.05) is 10.7 Å². The zero-order chi connectivity index (χ0) is 14.9. The lowest BCUT2D eigenvalue weighted by Crippen LogP contribution is -2.31. The Morgan fingerprint density at radius 3 is 2.75 bits per heavy atom. The van der Waals surface area contributed by atoms with E-state index >= 15 is 0 Å². The van der Waals surface area contributed by atoms with Gasteiger partial charge in [-0.1, -0.05) is 37.7 Å². The maximum Gasteiger partial charge on any atom is 0.340 e.